The van der Waals surface area contributed by atoms with Gasteiger partial charge in [-0.05, 0) is 12.8 Å². The lowest BCUT2D eigenvalue weighted by Crippen LogP contribution is -2.22. The Bertz CT molecular complexity index is 125. The van der Waals surface area contributed by atoms with E-state index in [4.69, 9.17) is 9.47 Å². The Hall–Kier alpha value is -0.0800. The minimum Gasteiger partial charge on any atom is -0.379 e. The molecular formula is C10H20O2. The quantitative estimate of drug-likeness (QED) is 0.648. The molecule has 0 unspecified atom stereocenters. The number of hydrogen-bond donors (Lipinski definition) is 0. The van der Waals surface area contributed by atoms with Gasteiger partial charge in [-0.25, -0.2) is 0 Å². The van der Waals surface area contributed by atoms with Crippen LogP contribution >= 0.6 is 0 Å². The van der Waals surface area contributed by atoms with Crippen LogP contribution in [0.15, 0.2) is 0 Å². The van der Waals surface area contributed by atoms with Gasteiger partial charge in [-0.1, -0.05) is 20.3 Å². The standard InChI is InChI=1S/C10H20O2/c1-4-6-9-10(11-3)7-8(5-2)12-9/h8-10H,4-7H2,1-3H3/t8-,9+,10+/m0/s1. The van der Waals surface area contributed by atoms with Crippen LogP contribution in [0.4, 0.5) is 0 Å². The summed E-state index contributed by atoms with van der Waals surface area (Å²) in [6.07, 6.45) is 5.64. The van der Waals surface area contributed by atoms with Crippen molar-refractivity contribution in [2.24, 2.45) is 0 Å². The zero-order chi connectivity index (χ0) is 8.97. The molecule has 2 nitrogen and oxygen atoms in total. The van der Waals surface area contributed by atoms with Gasteiger partial charge in [0.15, 0.2) is 0 Å². The first-order valence-corrected chi connectivity index (χ1v) is 5.00. The average Bonchev–Trinajstić information content (AvgIpc) is 2.48. The second-order valence-corrected chi connectivity index (χ2v) is 3.50. The van der Waals surface area contributed by atoms with Crippen LogP contribution in [0.25, 0.3) is 0 Å². The van der Waals surface area contributed by atoms with Gasteiger partial charge < -0.3 is 9.47 Å². The largest absolute Gasteiger partial charge is 0.379 e. The Morgan fingerprint density at radius 2 is 2.17 bits per heavy atom. The van der Waals surface area contributed by atoms with Crippen LogP contribution in [0.1, 0.15) is 39.5 Å². The molecular weight excluding hydrogens is 152 g/mol. The van der Waals surface area contributed by atoms with Crippen LogP contribution < -0.4 is 0 Å². The van der Waals surface area contributed by atoms with Crippen molar-refractivity contribution in [3.63, 3.8) is 0 Å². The lowest BCUT2D eigenvalue weighted by Gasteiger charge is -2.15. The van der Waals surface area contributed by atoms with Gasteiger partial charge in [-0.3, -0.25) is 0 Å². The molecule has 72 valence electrons. The van der Waals surface area contributed by atoms with E-state index in [9.17, 15) is 0 Å². The third-order valence-corrected chi connectivity index (χ3v) is 2.61. The first-order valence-electron chi connectivity index (χ1n) is 5.00. The molecule has 12 heavy (non-hydrogen) atoms. The van der Waals surface area contributed by atoms with E-state index in [2.05, 4.69) is 13.8 Å². The third kappa shape index (κ3) is 2.20. The van der Waals surface area contributed by atoms with Gasteiger partial charge in [0, 0.05) is 13.5 Å². The van der Waals surface area contributed by atoms with Crippen molar-refractivity contribution in [2.45, 2.75) is 57.8 Å². The molecule has 1 fully saturated rings. The summed E-state index contributed by atoms with van der Waals surface area (Å²) in [7, 11) is 1.79. The van der Waals surface area contributed by atoms with E-state index < -0.39 is 0 Å². The molecule has 1 heterocycles. The monoisotopic (exact) mass is 172 g/mol. The van der Waals surface area contributed by atoms with Crippen molar-refractivity contribution in [1.29, 1.82) is 0 Å². The van der Waals surface area contributed by atoms with Crippen molar-refractivity contribution in [1.82, 2.24) is 0 Å². The molecule has 1 aliphatic rings. The fourth-order valence-electron chi connectivity index (χ4n) is 1.85. The number of hydrogen-bond acceptors (Lipinski definition) is 2. The van der Waals surface area contributed by atoms with Crippen molar-refractivity contribution in [3.8, 4) is 0 Å². The third-order valence-electron chi connectivity index (χ3n) is 2.61. The van der Waals surface area contributed by atoms with E-state index in [1.165, 1.54) is 6.42 Å². The summed E-state index contributed by atoms with van der Waals surface area (Å²) in [5, 5.41) is 0. The van der Waals surface area contributed by atoms with Crippen molar-refractivity contribution in [3.05, 3.63) is 0 Å². The smallest absolute Gasteiger partial charge is 0.0857 e. The summed E-state index contributed by atoms with van der Waals surface area (Å²) >= 11 is 0. The Morgan fingerprint density at radius 1 is 1.42 bits per heavy atom. The summed E-state index contributed by atoms with van der Waals surface area (Å²) in [5.41, 5.74) is 0. The zero-order valence-electron chi connectivity index (χ0n) is 8.38. The van der Waals surface area contributed by atoms with Crippen LogP contribution in [0.2, 0.25) is 0 Å². The Morgan fingerprint density at radius 3 is 2.67 bits per heavy atom. The van der Waals surface area contributed by atoms with Gasteiger partial charge in [0.1, 0.15) is 0 Å². The van der Waals surface area contributed by atoms with Gasteiger partial charge >= 0.3 is 0 Å². The molecule has 0 aromatic carbocycles. The minimum atomic E-state index is 0.342. The van der Waals surface area contributed by atoms with Crippen molar-refractivity contribution < 1.29 is 9.47 Å². The number of methoxy groups -OCH3 is 1. The topological polar surface area (TPSA) is 18.5 Å². The van der Waals surface area contributed by atoms with Gasteiger partial charge in [0.05, 0.1) is 18.3 Å². The Balaban J connectivity index is 2.39. The molecule has 0 saturated carbocycles. The van der Waals surface area contributed by atoms with Gasteiger partial charge in [0.2, 0.25) is 0 Å². The second-order valence-electron chi connectivity index (χ2n) is 3.50. The average molecular weight is 172 g/mol. The van der Waals surface area contributed by atoms with Crippen LogP contribution in [-0.2, 0) is 9.47 Å². The molecule has 0 aromatic heterocycles. The molecule has 0 bridgehead atoms. The van der Waals surface area contributed by atoms with Crippen molar-refractivity contribution in [2.75, 3.05) is 7.11 Å². The van der Waals surface area contributed by atoms with Gasteiger partial charge in [-0.15, -0.1) is 0 Å². The first-order chi connectivity index (χ1) is 5.81. The second kappa shape index (κ2) is 4.83. The molecule has 0 radical (unpaired) electrons. The van der Waals surface area contributed by atoms with Crippen LogP contribution in [0.3, 0.4) is 0 Å². The van der Waals surface area contributed by atoms with Crippen LogP contribution in [0.5, 0.6) is 0 Å². The number of rotatable bonds is 4. The highest BCUT2D eigenvalue weighted by Crippen LogP contribution is 2.27. The molecule has 1 rings (SSSR count). The molecule has 3 atom stereocenters. The van der Waals surface area contributed by atoms with Gasteiger partial charge in [0.25, 0.3) is 0 Å². The van der Waals surface area contributed by atoms with E-state index in [0.717, 1.165) is 19.3 Å². The first kappa shape index (κ1) is 10.0. The van der Waals surface area contributed by atoms with E-state index in [1.807, 2.05) is 0 Å². The predicted molar refractivity (Wildman–Crippen MR) is 49.3 cm³/mol. The Kier molecular flexibility index (Phi) is 4.02. The fourth-order valence-corrected chi connectivity index (χ4v) is 1.85. The lowest BCUT2D eigenvalue weighted by molar-refractivity contribution is -0.0103. The van der Waals surface area contributed by atoms with E-state index in [0.29, 0.717) is 18.3 Å². The molecule has 2 heteroatoms. The zero-order valence-corrected chi connectivity index (χ0v) is 8.38. The molecule has 0 amide bonds. The van der Waals surface area contributed by atoms with Gasteiger partial charge in [-0.2, -0.15) is 0 Å². The van der Waals surface area contributed by atoms with E-state index in [1.54, 1.807) is 7.11 Å². The molecule has 1 aliphatic heterocycles. The molecule has 1 saturated heterocycles. The van der Waals surface area contributed by atoms with E-state index in [-0.39, 0.29) is 0 Å². The summed E-state index contributed by atoms with van der Waals surface area (Å²) < 4.78 is 11.2. The highest BCUT2D eigenvalue weighted by atomic mass is 16.6. The minimum absolute atomic E-state index is 0.342. The number of ether oxygens (including phenoxy) is 2. The fraction of sp³-hybridized carbons (Fsp3) is 1.00. The SMILES string of the molecule is CCC[C@H]1O[C@@H](CC)C[C@H]1OC. The Labute approximate surface area is 75.2 Å². The van der Waals surface area contributed by atoms with Crippen LogP contribution in [0, 0.1) is 0 Å². The maximum atomic E-state index is 5.83. The molecule has 0 aliphatic carbocycles. The molecule has 0 aromatic rings. The normalized spacial score (nSPS) is 35.8. The van der Waals surface area contributed by atoms with Crippen molar-refractivity contribution >= 4 is 0 Å². The summed E-state index contributed by atoms with van der Waals surface area (Å²) in [5.74, 6) is 0. The van der Waals surface area contributed by atoms with E-state index >= 15 is 0 Å². The highest BCUT2D eigenvalue weighted by molar-refractivity contribution is 4.82. The van der Waals surface area contributed by atoms with Crippen LogP contribution in [-0.4, -0.2) is 25.4 Å². The summed E-state index contributed by atoms with van der Waals surface area (Å²) in [6.45, 7) is 4.36. The maximum Gasteiger partial charge on any atom is 0.0857 e. The molecule has 0 N–H and O–H groups in total. The predicted octanol–water partition coefficient (Wildman–Crippen LogP) is 2.37. The lowest BCUT2D eigenvalue weighted by atomic mass is 10.1. The highest BCUT2D eigenvalue weighted by Gasteiger charge is 2.33. The summed E-state index contributed by atoms with van der Waals surface area (Å²) in [4.78, 5) is 0. The summed E-state index contributed by atoms with van der Waals surface area (Å²) in [6, 6.07) is 0. The maximum absolute atomic E-state index is 5.83. The molecule has 0 spiro atoms.